The number of rotatable bonds is 10. The molecule has 1 atom stereocenters. The molecule has 3 aromatic rings. The summed E-state index contributed by atoms with van der Waals surface area (Å²) < 4.78 is 20.9. The largest absolute Gasteiger partial charge is 0.492 e. The Bertz CT molecular complexity index is 1100. The summed E-state index contributed by atoms with van der Waals surface area (Å²) in [5, 5.41) is 4.77. The second kappa shape index (κ2) is 11.5. The molecule has 2 aromatic carbocycles. The van der Waals surface area contributed by atoms with Gasteiger partial charge in [0.1, 0.15) is 12.4 Å². The fourth-order valence-corrected chi connectivity index (χ4v) is 4.42. The van der Waals surface area contributed by atoms with Gasteiger partial charge in [-0.05, 0) is 55.8 Å². The van der Waals surface area contributed by atoms with Crippen LogP contribution in [0.15, 0.2) is 48.7 Å². The second-order valence-electron chi connectivity index (χ2n) is 8.68. The Kier molecular flexibility index (Phi) is 8.15. The Balaban J connectivity index is 1.49. The van der Waals surface area contributed by atoms with Crippen LogP contribution in [0.4, 0.5) is 21.8 Å². The zero-order chi connectivity index (χ0) is 24.8. The Labute approximate surface area is 206 Å². The highest BCUT2D eigenvalue weighted by Crippen LogP contribution is 2.35. The molecule has 1 aliphatic rings. The molecule has 1 saturated heterocycles. The number of ether oxygens (including phenoxy) is 1. The molecule has 0 saturated carbocycles. The second-order valence-corrected chi connectivity index (χ2v) is 8.68. The minimum atomic E-state index is -0.525. The fraction of sp³-hybridized carbons (Fsp3) is 0.407. The van der Waals surface area contributed by atoms with Crippen LogP contribution in [0, 0.1) is 19.7 Å². The zero-order valence-electron chi connectivity index (χ0n) is 20.9. The van der Waals surface area contributed by atoms with Crippen LogP contribution in [0.3, 0.4) is 0 Å². The predicted molar refractivity (Wildman–Crippen MR) is 137 cm³/mol. The van der Waals surface area contributed by atoms with Crippen LogP contribution >= 0.6 is 0 Å². The van der Waals surface area contributed by atoms with Crippen LogP contribution in [0.2, 0.25) is 0 Å². The average Bonchev–Trinajstić information content (AvgIpc) is 3.35. The van der Waals surface area contributed by atoms with Crippen LogP contribution in [-0.2, 0) is 4.84 Å². The first-order chi connectivity index (χ1) is 17.0. The van der Waals surface area contributed by atoms with Gasteiger partial charge in [-0.15, -0.1) is 0 Å². The lowest BCUT2D eigenvalue weighted by atomic mass is 10.0. The SMILES string of the molecule is CCN(CC)CCOc1c(C)cc(Nc2ncc(F)c(N3OCC[C@H]3c3ccccc3)n2)cc1C. The molecule has 186 valence electrons. The third-order valence-electron chi connectivity index (χ3n) is 6.29. The van der Waals surface area contributed by atoms with Crippen molar-refractivity contribution < 1.29 is 14.0 Å². The number of likely N-dealkylation sites (N-methyl/N-ethyl adjacent to an activating group) is 1. The van der Waals surface area contributed by atoms with Gasteiger partial charge in [-0.1, -0.05) is 44.2 Å². The number of hydrogen-bond acceptors (Lipinski definition) is 7. The van der Waals surface area contributed by atoms with E-state index in [0.717, 1.165) is 54.2 Å². The van der Waals surface area contributed by atoms with Gasteiger partial charge in [0.15, 0.2) is 11.6 Å². The number of hydrogen-bond donors (Lipinski definition) is 1. The van der Waals surface area contributed by atoms with E-state index in [1.165, 1.54) is 6.20 Å². The first kappa shape index (κ1) is 24.9. The molecular formula is C27H34FN5O2. The van der Waals surface area contributed by atoms with Gasteiger partial charge in [-0.3, -0.25) is 4.84 Å². The molecule has 0 spiro atoms. The van der Waals surface area contributed by atoms with Gasteiger partial charge >= 0.3 is 0 Å². The van der Waals surface area contributed by atoms with Crippen molar-refractivity contribution >= 4 is 17.5 Å². The Morgan fingerprint density at radius 3 is 2.54 bits per heavy atom. The summed E-state index contributed by atoms with van der Waals surface area (Å²) in [6, 6.07) is 13.8. The summed E-state index contributed by atoms with van der Waals surface area (Å²) in [5.41, 5.74) is 3.90. The van der Waals surface area contributed by atoms with Crippen LogP contribution in [0.1, 0.15) is 43.0 Å². The quantitative estimate of drug-likeness (QED) is 0.407. The minimum Gasteiger partial charge on any atom is -0.492 e. The zero-order valence-corrected chi connectivity index (χ0v) is 20.9. The molecule has 0 amide bonds. The molecule has 1 N–H and O–H groups in total. The number of halogens is 1. The fourth-order valence-electron chi connectivity index (χ4n) is 4.42. The monoisotopic (exact) mass is 479 g/mol. The van der Waals surface area contributed by atoms with E-state index >= 15 is 0 Å². The summed E-state index contributed by atoms with van der Waals surface area (Å²) in [5.74, 6) is 0.790. The standard InChI is InChI=1S/C27H34FN5O2/c1-5-32(6-2)13-15-34-25-19(3)16-22(17-20(25)4)30-27-29-18-23(28)26(31-27)33-24(12-14-35-33)21-10-8-7-9-11-21/h7-11,16-18,24H,5-6,12-15H2,1-4H3,(H,29,30,31)/t24-/m0/s1. The number of aromatic nitrogens is 2. The van der Waals surface area contributed by atoms with Crippen molar-refractivity contribution in [1.82, 2.24) is 14.9 Å². The van der Waals surface area contributed by atoms with Crippen molar-refractivity contribution in [2.75, 3.05) is 43.2 Å². The van der Waals surface area contributed by atoms with Crippen LogP contribution in [0.5, 0.6) is 5.75 Å². The molecule has 0 aliphatic carbocycles. The van der Waals surface area contributed by atoms with E-state index in [9.17, 15) is 4.39 Å². The summed E-state index contributed by atoms with van der Waals surface area (Å²) in [4.78, 5) is 16.7. The molecule has 0 bridgehead atoms. The van der Waals surface area contributed by atoms with E-state index in [1.807, 2.05) is 56.3 Å². The van der Waals surface area contributed by atoms with E-state index in [0.29, 0.717) is 19.2 Å². The van der Waals surface area contributed by atoms with Crippen LogP contribution in [-0.4, -0.2) is 47.7 Å². The van der Waals surface area contributed by atoms with E-state index in [-0.39, 0.29) is 11.9 Å². The molecule has 35 heavy (non-hydrogen) atoms. The van der Waals surface area contributed by atoms with Gasteiger partial charge in [0.2, 0.25) is 5.95 Å². The third-order valence-corrected chi connectivity index (χ3v) is 6.29. The van der Waals surface area contributed by atoms with E-state index in [2.05, 4.69) is 34.0 Å². The molecule has 0 radical (unpaired) electrons. The van der Waals surface area contributed by atoms with E-state index < -0.39 is 5.82 Å². The maximum Gasteiger partial charge on any atom is 0.229 e. The van der Waals surface area contributed by atoms with Gasteiger partial charge in [-0.2, -0.15) is 4.98 Å². The van der Waals surface area contributed by atoms with Gasteiger partial charge < -0.3 is 15.0 Å². The summed E-state index contributed by atoms with van der Waals surface area (Å²) in [7, 11) is 0. The van der Waals surface area contributed by atoms with Gasteiger partial charge in [0, 0.05) is 18.7 Å². The molecular weight excluding hydrogens is 445 g/mol. The maximum atomic E-state index is 14.8. The van der Waals surface area contributed by atoms with Gasteiger partial charge in [0.05, 0.1) is 18.8 Å². The number of nitrogens with zero attached hydrogens (tertiary/aromatic N) is 4. The lowest BCUT2D eigenvalue weighted by molar-refractivity contribution is 0.154. The Morgan fingerprint density at radius 2 is 1.86 bits per heavy atom. The van der Waals surface area contributed by atoms with Crippen molar-refractivity contribution in [1.29, 1.82) is 0 Å². The van der Waals surface area contributed by atoms with Crippen LogP contribution in [0.25, 0.3) is 0 Å². The number of anilines is 3. The lowest BCUT2D eigenvalue weighted by Gasteiger charge is -2.24. The van der Waals surface area contributed by atoms with Crippen molar-refractivity contribution in [2.45, 2.75) is 40.2 Å². The Hall–Kier alpha value is -3.23. The van der Waals surface area contributed by atoms with Crippen molar-refractivity contribution in [2.24, 2.45) is 0 Å². The third kappa shape index (κ3) is 5.89. The summed E-state index contributed by atoms with van der Waals surface area (Å²) in [6.45, 7) is 12.4. The molecule has 7 nitrogen and oxygen atoms in total. The highest BCUT2D eigenvalue weighted by molar-refractivity contribution is 5.61. The van der Waals surface area contributed by atoms with Gasteiger partial charge in [-0.25, -0.2) is 14.4 Å². The lowest BCUT2D eigenvalue weighted by Crippen LogP contribution is -2.28. The highest BCUT2D eigenvalue weighted by Gasteiger charge is 2.31. The van der Waals surface area contributed by atoms with Crippen molar-refractivity contribution in [3.05, 3.63) is 71.2 Å². The van der Waals surface area contributed by atoms with Crippen molar-refractivity contribution in [3.63, 3.8) is 0 Å². The average molecular weight is 480 g/mol. The molecule has 4 rings (SSSR count). The highest BCUT2D eigenvalue weighted by atomic mass is 19.1. The normalized spacial score (nSPS) is 15.6. The minimum absolute atomic E-state index is 0.106. The number of benzene rings is 2. The first-order valence-corrected chi connectivity index (χ1v) is 12.2. The number of hydroxylamine groups is 1. The molecule has 0 unspecified atom stereocenters. The summed E-state index contributed by atoms with van der Waals surface area (Å²) in [6.07, 6.45) is 1.93. The van der Waals surface area contributed by atoms with E-state index in [1.54, 1.807) is 5.06 Å². The first-order valence-electron chi connectivity index (χ1n) is 12.2. The smallest absolute Gasteiger partial charge is 0.229 e. The number of nitrogens with one attached hydrogen (secondary N) is 1. The molecule has 2 heterocycles. The summed E-state index contributed by atoms with van der Waals surface area (Å²) >= 11 is 0. The Morgan fingerprint density at radius 1 is 1.14 bits per heavy atom. The van der Waals surface area contributed by atoms with Crippen molar-refractivity contribution in [3.8, 4) is 5.75 Å². The number of aryl methyl sites for hydroxylation is 2. The predicted octanol–water partition coefficient (Wildman–Crippen LogP) is 5.58. The molecule has 1 fully saturated rings. The van der Waals surface area contributed by atoms with E-state index in [4.69, 9.17) is 9.57 Å². The van der Waals surface area contributed by atoms with Crippen LogP contribution < -0.4 is 15.1 Å². The maximum absolute atomic E-state index is 14.8. The molecule has 1 aliphatic heterocycles. The van der Waals surface area contributed by atoms with Gasteiger partial charge in [0.25, 0.3) is 0 Å². The molecule has 1 aromatic heterocycles. The molecule has 8 heteroatoms. The topological polar surface area (TPSA) is 62.8 Å².